The fourth-order valence-corrected chi connectivity index (χ4v) is 2.13. The van der Waals surface area contributed by atoms with Gasteiger partial charge in [-0.05, 0) is 31.2 Å². The molecule has 0 aliphatic heterocycles. The number of para-hydroxylation sites is 1. The highest BCUT2D eigenvalue weighted by Gasteiger charge is 2.12. The fourth-order valence-electron chi connectivity index (χ4n) is 2.13. The van der Waals surface area contributed by atoms with Crippen LogP contribution in [0.4, 0.5) is 8.78 Å². The number of hydrogen-bond acceptors (Lipinski definition) is 2. The summed E-state index contributed by atoms with van der Waals surface area (Å²) in [7, 11) is 0. The number of rotatable bonds is 6. The molecular formula is C17H19F2NO. The van der Waals surface area contributed by atoms with Crippen LogP contribution in [0.1, 0.15) is 23.6 Å². The van der Waals surface area contributed by atoms with Gasteiger partial charge >= 0.3 is 0 Å². The third kappa shape index (κ3) is 3.79. The molecule has 0 aromatic heterocycles. The maximum Gasteiger partial charge on any atom is 0.132 e. The zero-order valence-corrected chi connectivity index (χ0v) is 12.2. The van der Waals surface area contributed by atoms with Gasteiger partial charge in [0.1, 0.15) is 24.0 Å². The SMILES string of the molecule is CCNCc1cccc(C)c1OCc1c(F)cccc1F. The third-order valence-electron chi connectivity index (χ3n) is 3.28. The summed E-state index contributed by atoms with van der Waals surface area (Å²) in [6, 6.07) is 9.63. The van der Waals surface area contributed by atoms with Gasteiger partial charge in [0.25, 0.3) is 0 Å². The molecule has 112 valence electrons. The molecule has 0 atom stereocenters. The standard InChI is InChI=1S/C17H19F2NO/c1-3-20-10-13-7-4-6-12(2)17(13)21-11-14-15(18)8-5-9-16(14)19/h4-9,20H,3,10-11H2,1-2H3. The van der Waals surface area contributed by atoms with Gasteiger partial charge in [-0.2, -0.15) is 0 Å². The van der Waals surface area contributed by atoms with E-state index < -0.39 is 11.6 Å². The van der Waals surface area contributed by atoms with Crippen LogP contribution in [0.15, 0.2) is 36.4 Å². The molecule has 2 aromatic rings. The minimum atomic E-state index is -0.586. The molecule has 0 bridgehead atoms. The minimum Gasteiger partial charge on any atom is -0.488 e. The lowest BCUT2D eigenvalue weighted by molar-refractivity contribution is 0.287. The van der Waals surface area contributed by atoms with E-state index >= 15 is 0 Å². The van der Waals surface area contributed by atoms with Crippen LogP contribution in [-0.2, 0) is 13.2 Å². The van der Waals surface area contributed by atoms with Crippen LogP contribution in [0.5, 0.6) is 5.75 Å². The predicted molar refractivity (Wildman–Crippen MR) is 79.2 cm³/mol. The molecular weight excluding hydrogens is 272 g/mol. The summed E-state index contributed by atoms with van der Waals surface area (Å²) < 4.78 is 32.9. The Bertz CT molecular complexity index is 593. The Hall–Kier alpha value is -1.94. The van der Waals surface area contributed by atoms with Gasteiger partial charge < -0.3 is 10.1 Å². The molecule has 0 saturated carbocycles. The van der Waals surface area contributed by atoms with Gasteiger partial charge in [-0.1, -0.05) is 31.2 Å². The highest BCUT2D eigenvalue weighted by atomic mass is 19.1. The summed E-state index contributed by atoms with van der Waals surface area (Å²) in [6.07, 6.45) is 0. The van der Waals surface area contributed by atoms with Crippen molar-refractivity contribution in [2.45, 2.75) is 27.0 Å². The van der Waals surface area contributed by atoms with Gasteiger partial charge in [0.2, 0.25) is 0 Å². The molecule has 0 unspecified atom stereocenters. The first-order valence-electron chi connectivity index (χ1n) is 6.98. The van der Waals surface area contributed by atoms with Crippen LogP contribution >= 0.6 is 0 Å². The molecule has 0 radical (unpaired) electrons. The summed E-state index contributed by atoms with van der Waals surface area (Å²) in [5.41, 5.74) is 1.88. The lowest BCUT2D eigenvalue weighted by Crippen LogP contribution is -2.13. The number of hydrogen-bond donors (Lipinski definition) is 1. The first-order chi connectivity index (χ1) is 10.1. The molecule has 2 nitrogen and oxygen atoms in total. The molecule has 1 N–H and O–H groups in total. The Labute approximate surface area is 123 Å². The van der Waals surface area contributed by atoms with Crippen LogP contribution in [0.25, 0.3) is 0 Å². The monoisotopic (exact) mass is 291 g/mol. The molecule has 2 rings (SSSR count). The second-order valence-electron chi connectivity index (χ2n) is 4.83. The van der Waals surface area contributed by atoms with Crippen molar-refractivity contribution in [1.82, 2.24) is 5.32 Å². The van der Waals surface area contributed by atoms with Crippen molar-refractivity contribution in [3.05, 3.63) is 64.7 Å². The van der Waals surface area contributed by atoms with E-state index in [2.05, 4.69) is 5.32 Å². The maximum absolute atomic E-state index is 13.6. The summed E-state index contributed by atoms with van der Waals surface area (Å²) in [4.78, 5) is 0. The average molecular weight is 291 g/mol. The number of halogens is 2. The van der Waals surface area contributed by atoms with Crippen LogP contribution in [0.3, 0.4) is 0 Å². The largest absolute Gasteiger partial charge is 0.488 e. The average Bonchev–Trinajstić information content (AvgIpc) is 2.46. The predicted octanol–water partition coefficient (Wildman–Crippen LogP) is 3.96. The minimum absolute atomic E-state index is 0.0462. The normalized spacial score (nSPS) is 10.7. The van der Waals surface area contributed by atoms with Crippen LogP contribution in [-0.4, -0.2) is 6.54 Å². The van der Waals surface area contributed by atoms with Gasteiger partial charge in [0, 0.05) is 12.1 Å². The first-order valence-corrected chi connectivity index (χ1v) is 6.98. The van der Waals surface area contributed by atoms with Crippen molar-refractivity contribution in [3.8, 4) is 5.75 Å². The summed E-state index contributed by atoms with van der Waals surface area (Å²) in [5.74, 6) is -0.491. The van der Waals surface area contributed by atoms with Crippen molar-refractivity contribution < 1.29 is 13.5 Å². The van der Waals surface area contributed by atoms with E-state index in [4.69, 9.17) is 4.74 Å². The van der Waals surface area contributed by atoms with E-state index in [1.54, 1.807) is 0 Å². The van der Waals surface area contributed by atoms with Gasteiger partial charge in [-0.25, -0.2) is 8.78 Å². The molecule has 0 fully saturated rings. The van der Waals surface area contributed by atoms with Crippen molar-refractivity contribution in [2.75, 3.05) is 6.54 Å². The second kappa shape index (κ2) is 7.18. The first kappa shape index (κ1) is 15.4. The van der Waals surface area contributed by atoms with E-state index in [1.165, 1.54) is 18.2 Å². The topological polar surface area (TPSA) is 21.3 Å². The Kier molecular flexibility index (Phi) is 5.28. The number of nitrogens with one attached hydrogen (secondary N) is 1. The Morgan fingerprint density at radius 3 is 2.38 bits per heavy atom. The molecule has 0 amide bonds. The van der Waals surface area contributed by atoms with Crippen LogP contribution in [0, 0.1) is 18.6 Å². The van der Waals surface area contributed by atoms with E-state index in [-0.39, 0.29) is 12.2 Å². The van der Waals surface area contributed by atoms with E-state index in [0.717, 1.165) is 17.7 Å². The zero-order chi connectivity index (χ0) is 15.2. The number of benzene rings is 2. The van der Waals surface area contributed by atoms with Crippen LogP contribution < -0.4 is 10.1 Å². The fraction of sp³-hybridized carbons (Fsp3) is 0.294. The van der Waals surface area contributed by atoms with E-state index in [0.29, 0.717) is 12.3 Å². The van der Waals surface area contributed by atoms with Gasteiger partial charge in [-0.15, -0.1) is 0 Å². The highest BCUT2D eigenvalue weighted by molar-refractivity contribution is 5.41. The van der Waals surface area contributed by atoms with Crippen LogP contribution in [0.2, 0.25) is 0 Å². The maximum atomic E-state index is 13.6. The molecule has 2 aromatic carbocycles. The Morgan fingerprint density at radius 2 is 1.71 bits per heavy atom. The third-order valence-corrected chi connectivity index (χ3v) is 3.28. The Balaban J connectivity index is 2.19. The van der Waals surface area contributed by atoms with Crippen molar-refractivity contribution >= 4 is 0 Å². The zero-order valence-electron chi connectivity index (χ0n) is 12.2. The molecule has 0 aliphatic rings. The van der Waals surface area contributed by atoms with Gasteiger partial charge in [-0.3, -0.25) is 0 Å². The molecule has 0 spiro atoms. The molecule has 0 aliphatic carbocycles. The molecule has 0 heterocycles. The molecule has 21 heavy (non-hydrogen) atoms. The van der Waals surface area contributed by atoms with Crippen molar-refractivity contribution in [2.24, 2.45) is 0 Å². The molecule has 4 heteroatoms. The Morgan fingerprint density at radius 1 is 1.05 bits per heavy atom. The quantitative estimate of drug-likeness (QED) is 0.869. The smallest absolute Gasteiger partial charge is 0.132 e. The number of ether oxygens (including phenoxy) is 1. The summed E-state index contributed by atoms with van der Waals surface area (Å²) >= 11 is 0. The molecule has 0 saturated heterocycles. The lowest BCUT2D eigenvalue weighted by Gasteiger charge is -2.15. The second-order valence-corrected chi connectivity index (χ2v) is 4.83. The summed E-state index contributed by atoms with van der Waals surface area (Å²) in [6.45, 7) is 5.32. The van der Waals surface area contributed by atoms with Gasteiger partial charge in [0.05, 0.1) is 5.56 Å². The highest BCUT2D eigenvalue weighted by Crippen LogP contribution is 2.25. The van der Waals surface area contributed by atoms with Crippen molar-refractivity contribution in [1.29, 1.82) is 0 Å². The van der Waals surface area contributed by atoms with Gasteiger partial charge in [0.15, 0.2) is 0 Å². The van der Waals surface area contributed by atoms with E-state index in [9.17, 15) is 8.78 Å². The number of aryl methyl sites for hydroxylation is 1. The lowest BCUT2D eigenvalue weighted by atomic mass is 10.1. The van der Waals surface area contributed by atoms with Crippen molar-refractivity contribution in [3.63, 3.8) is 0 Å². The van der Waals surface area contributed by atoms with E-state index in [1.807, 2.05) is 32.0 Å². The summed E-state index contributed by atoms with van der Waals surface area (Å²) in [5, 5.41) is 3.22.